The average Bonchev–Trinajstić information content (AvgIpc) is 2.79. The molecule has 0 saturated heterocycles. The molecule has 9 heteroatoms. The Bertz CT molecular complexity index is 1370. The van der Waals surface area contributed by atoms with E-state index in [4.69, 9.17) is 5.73 Å². The Morgan fingerprint density at radius 3 is 2.69 bits per heavy atom. The lowest BCUT2D eigenvalue weighted by molar-refractivity contribution is 0.0699. The number of nitrogen functional groups attached to an aromatic ring is 1. The summed E-state index contributed by atoms with van der Waals surface area (Å²) < 4.78 is 13.9. The highest BCUT2D eigenvalue weighted by Gasteiger charge is 2.22. The number of carboxylic acid groups (broad SMARTS) is 1. The number of aromatic nitrogens is 3. The standard InChI is InChI=1S/C23H17FN6O2/c24-14-6-7-17-15(10-14)20(23(31)32)19(13-4-2-1-3-5-13)18(30-17)8-9-27-22-16(11-25)21(26)28-12-29-22/h1-7,10,12H,8-9H2,(H,31,32)(H3,26,27,28,29). The Balaban J connectivity index is 1.80. The molecule has 0 aliphatic rings. The van der Waals surface area contributed by atoms with Crippen molar-refractivity contribution in [2.75, 3.05) is 17.6 Å². The van der Waals surface area contributed by atoms with Crippen LogP contribution in [0.5, 0.6) is 0 Å². The minimum Gasteiger partial charge on any atom is -0.478 e. The highest BCUT2D eigenvalue weighted by Crippen LogP contribution is 2.33. The Kier molecular flexibility index (Phi) is 5.59. The van der Waals surface area contributed by atoms with Gasteiger partial charge < -0.3 is 16.2 Å². The molecule has 2 aromatic heterocycles. The number of nitrogens with one attached hydrogen (secondary N) is 1. The summed E-state index contributed by atoms with van der Waals surface area (Å²) in [5, 5.41) is 22.6. The van der Waals surface area contributed by atoms with Gasteiger partial charge in [0.2, 0.25) is 0 Å². The number of pyridine rings is 1. The SMILES string of the molecule is N#Cc1c(N)ncnc1NCCc1nc2ccc(F)cc2c(C(=O)O)c1-c1ccccc1. The van der Waals surface area contributed by atoms with Crippen molar-refractivity contribution >= 4 is 28.5 Å². The molecule has 0 unspecified atom stereocenters. The predicted molar refractivity (Wildman–Crippen MR) is 117 cm³/mol. The highest BCUT2D eigenvalue weighted by atomic mass is 19.1. The summed E-state index contributed by atoms with van der Waals surface area (Å²) in [7, 11) is 0. The molecule has 4 rings (SSSR count). The van der Waals surface area contributed by atoms with Crippen LogP contribution >= 0.6 is 0 Å². The van der Waals surface area contributed by atoms with Crippen LogP contribution in [0.25, 0.3) is 22.0 Å². The molecule has 0 saturated carbocycles. The number of benzene rings is 2. The Labute approximate surface area is 182 Å². The number of nitriles is 1. The minimum absolute atomic E-state index is 0.0142. The molecule has 0 aliphatic heterocycles. The summed E-state index contributed by atoms with van der Waals surface area (Å²) in [6, 6.07) is 14.8. The van der Waals surface area contributed by atoms with Gasteiger partial charge in [0.1, 0.15) is 35.4 Å². The molecule has 32 heavy (non-hydrogen) atoms. The first kappa shape index (κ1) is 20.7. The third-order valence-electron chi connectivity index (χ3n) is 4.94. The smallest absolute Gasteiger partial charge is 0.337 e. The molecule has 0 amide bonds. The Morgan fingerprint density at radius 2 is 1.97 bits per heavy atom. The average molecular weight is 428 g/mol. The zero-order valence-corrected chi connectivity index (χ0v) is 16.7. The van der Waals surface area contributed by atoms with Crippen LogP contribution in [-0.4, -0.2) is 32.6 Å². The van der Waals surface area contributed by atoms with Gasteiger partial charge in [0.05, 0.1) is 16.8 Å². The van der Waals surface area contributed by atoms with Crippen molar-refractivity contribution in [3.63, 3.8) is 0 Å². The van der Waals surface area contributed by atoms with Gasteiger partial charge >= 0.3 is 5.97 Å². The quantitative estimate of drug-likeness (QED) is 0.423. The summed E-state index contributed by atoms with van der Waals surface area (Å²) >= 11 is 0. The van der Waals surface area contributed by atoms with Gasteiger partial charge in [0, 0.05) is 23.9 Å². The molecule has 4 aromatic rings. The lowest BCUT2D eigenvalue weighted by atomic mass is 9.93. The summed E-state index contributed by atoms with van der Waals surface area (Å²) in [6.45, 7) is 0.295. The summed E-state index contributed by atoms with van der Waals surface area (Å²) in [5.41, 5.74) is 7.80. The van der Waals surface area contributed by atoms with Gasteiger partial charge in [0.25, 0.3) is 0 Å². The fraction of sp³-hybridized carbons (Fsp3) is 0.0870. The first-order valence-electron chi connectivity index (χ1n) is 9.65. The maximum absolute atomic E-state index is 13.9. The third-order valence-corrected chi connectivity index (χ3v) is 4.94. The molecule has 158 valence electrons. The number of carboxylic acids is 1. The van der Waals surface area contributed by atoms with Crippen LogP contribution in [0.3, 0.4) is 0 Å². The van der Waals surface area contributed by atoms with Crippen LogP contribution in [0, 0.1) is 17.1 Å². The maximum Gasteiger partial charge on any atom is 0.337 e. The third kappa shape index (κ3) is 3.89. The van der Waals surface area contributed by atoms with Gasteiger partial charge in [-0.1, -0.05) is 30.3 Å². The number of halogens is 1. The second kappa shape index (κ2) is 8.65. The molecule has 0 radical (unpaired) electrons. The van der Waals surface area contributed by atoms with Crippen molar-refractivity contribution in [3.05, 3.63) is 77.5 Å². The van der Waals surface area contributed by atoms with Crippen molar-refractivity contribution in [1.29, 1.82) is 5.26 Å². The molecule has 0 bridgehead atoms. The van der Waals surface area contributed by atoms with E-state index in [1.807, 2.05) is 12.1 Å². The van der Waals surface area contributed by atoms with Crippen molar-refractivity contribution in [2.24, 2.45) is 0 Å². The van der Waals surface area contributed by atoms with E-state index in [0.717, 1.165) is 0 Å². The van der Waals surface area contributed by atoms with Gasteiger partial charge in [-0.3, -0.25) is 4.98 Å². The van der Waals surface area contributed by atoms with Gasteiger partial charge in [-0.15, -0.1) is 0 Å². The predicted octanol–water partition coefficient (Wildman–Crippen LogP) is 3.64. The molecule has 0 fully saturated rings. The highest BCUT2D eigenvalue weighted by molar-refractivity contribution is 6.09. The monoisotopic (exact) mass is 428 g/mol. The number of hydrogen-bond acceptors (Lipinski definition) is 7. The van der Waals surface area contributed by atoms with Crippen LogP contribution < -0.4 is 11.1 Å². The number of aromatic carboxylic acids is 1. The molecule has 4 N–H and O–H groups in total. The van der Waals surface area contributed by atoms with Crippen LogP contribution in [0.2, 0.25) is 0 Å². The molecule has 0 atom stereocenters. The first-order valence-corrected chi connectivity index (χ1v) is 9.65. The van der Waals surface area contributed by atoms with Crippen LogP contribution in [0.15, 0.2) is 54.9 Å². The molecule has 2 heterocycles. The fourth-order valence-corrected chi connectivity index (χ4v) is 3.55. The molecule has 8 nitrogen and oxygen atoms in total. The molecule has 0 aliphatic carbocycles. The number of nitrogens with two attached hydrogens (primary N) is 1. The van der Waals surface area contributed by atoms with E-state index in [1.54, 1.807) is 24.3 Å². The van der Waals surface area contributed by atoms with Gasteiger partial charge in [-0.25, -0.2) is 19.2 Å². The summed E-state index contributed by atoms with van der Waals surface area (Å²) in [5.74, 6) is -1.37. The number of fused-ring (bicyclic) bond motifs is 1. The first-order chi connectivity index (χ1) is 15.5. The second-order valence-electron chi connectivity index (χ2n) is 6.91. The fourth-order valence-electron chi connectivity index (χ4n) is 3.55. The van der Waals surface area contributed by atoms with E-state index >= 15 is 0 Å². The Morgan fingerprint density at radius 1 is 1.19 bits per heavy atom. The number of rotatable bonds is 6. The van der Waals surface area contributed by atoms with E-state index in [1.165, 1.54) is 24.5 Å². The zero-order chi connectivity index (χ0) is 22.7. The lowest BCUT2D eigenvalue weighted by Crippen LogP contribution is -2.13. The van der Waals surface area contributed by atoms with Crippen molar-refractivity contribution in [3.8, 4) is 17.2 Å². The topological polar surface area (TPSA) is 138 Å². The van der Waals surface area contributed by atoms with E-state index in [-0.39, 0.29) is 28.1 Å². The largest absolute Gasteiger partial charge is 0.478 e. The zero-order valence-electron chi connectivity index (χ0n) is 16.7. The van der Waals surface area contributed by atoms with Crippen molar-refractivity contribution in [2.45, 2.75) is 6.42 Å². The summed E-state index contributed by atoms with van der Waals surface area (Å²) in [6.07, 6.45) is 1.56. The Hall–Kier alpha value is -4.58. The number of carbonyl (C=O) groups is 1. The van der Waals surface area contributed by atoms with Crippen LogP contribution in [-0.2, 0) is 6.42 Å². The minimum atomic E-state index is -1.17. The van der Waals surface area contributed by atoms with E-state index in [9.17, 15) is 19.6 Å². The van der Waals surface area contributed by atoms with E-state index in [0.29, 0.717) is 35.3 Å². The summed E-state index contributed by atoms with van der Waals surface area (Å²) in [4.78, 5) is 24.7. The molecular weight excluding hydrogens is 411 g/mol. The maximum atomic E-state index is 13.9. The molecular formula is C23H17FN6O2. The normalized spacial score (nSPS) is 10.6. The van der Waals surface area contributed by atoms with Crippen molar-refractivity contribution in [1.82, 2.24) is 15.0 Å². The van der Waals surface area contributed by atoms with Gasteiger partial charge in [-0.05, 0) is 23.8 Å². The second-order valence-corrected chi connectivity index (χ2v) is 6.91. The van der Waals surface area contributed by atoms with Gasteiger partial charge in [0.15, 0.2) is 0 Å². The number of nitrogens with zero attached hydrogens (tertiary/aromatic N) is 4. The van der Waals surface area contributed by atoms with E-state index in [2.05, 4.69) is 20.3 Å². The van der Waals surface area contributed by atoms with Gasteiger partial charge in [-0.2, -0.15) is 5.26 Å². The lowest BCUT2D eigenvalue weighted by Gasteiger charge is -2.16. The number of anilines is 2. The van der Waals surface area contributed by atoms with Crippen LogP contribution in [0.1, 0.15) is 21.6 Å². The van der Waals surface area contributed by atoms with E-state index < -0.39 is 11.8 Å². The van der Waals surface area contributed by atoms with Crippen molar-refractivity contribution < 1.29 is 14.3 Å². The number of hydrogen-bond donors (Lipinski definition) is 3. The molecule has 0 spiro atoms. The molecule has 2 aromatic carbocycles. The van der Waals surface area contributed by atoms with Crippen LogP contribution in [0.4, 0.5) is 16.0 Å².